The molecule has 0 amide bonds. The van der Waals surface area contributed by atoms with E-state index in [4.69, 9.17) is 20.4 Å². The van der Waals surface area contributed by atoms with Gasteiger partial charge in [-0.2, -0.15) is 0 Å². The van der Waals surface area contributed by atoms with Crippen molar-refractivity contribution in [3.05, 3.63) is 0 Å². The van der Waals surface area contributed by atoms with Gasteiger partial charge in [-0.25, -0.2) is 4.90 Å². The Morgan fingerprint density at radius 2 is 1.67 bits per heavy atom. The van der Waals surface area contributed by atoms with E-state index in [1.807, 2.05) is 0 Å². The second-order valence-corrected chi connectivity index (χ2v) is 1.91. The van der Waals surface area contributed by atoms with Gasteiger partial charge in [-0.15, -0.1) is 0 Å². The first-order valence-electron chi connectivity index (χ1n) is 2.96. The molecular formula is C5H11NNaO5. The molecule has 12 heavy (non-hydrogen) atoms. The van der Waals surface area contributed by atoms with E-state index in [-0.39, 0.29) is 29.6 Å². The maximum Gasteiger partial charge on any atom is 0.323 e. The number of carboxylic acids is 1. The van der Waals surface area contributed by atoms with Crippen LogP contribution in [0.15, 0.2) is 0 Å². The van der Waals surface area contributed by atoms with E-state index < -0.39 is 32.1 Å². The predicted molar refractivity (Wildman–Crippen MR) is 40.3 cm³/mol. The standard InChI is InChI=1S/C5H11NO5.Na/c7-1-4(5(10)11)6(2-8)3-9;/h4,7-9H,1-3H2,(H,10,11);. The number of aliphatic carboxylic acids is 1. The van der Waals surface area contributed by atoms with Crippen LogP contribution in [0.1, 0.15) is 0 Å². The number of hydrogen-bond donors (Lipinski definition) is 4. The Hall–Kier alpha value is 0.310. The summed E-state index contributed by atoms with van der Waals surface area (Å²) in [5.74, 6) is -1.28. The Kier molecular flexibility index (Phi) is 9.79. The van der Waals surface area contributed by atoms with Crippen molar-refractivity contribution in [2.24, 2.45) is 0 Å². The average molecular weight is 188 g/mol. The third-order valence-electron chi connectivity index (χ3n) is 1.26. The minimum Gasteiger partial charge on any atom is -0.480 e. The first-order valence-corrected chi connectivity index (χ1v) is 2.96. The number of carbonyl (C=O) groups is 1. The van der Waals surface area contributed by atoms with Gasteiger partial charge >= 0.3 is 5.97 Å². The van der Waals surface area contributed by atoms with Crippen LogP contribution in [0.4, 0.5) is 0 Å². The maximum absolute atomic E-state index is 10.3. The van der Waals surface area contributed by atoms with Crippen LogP contribution in [0.25, 0.3) is 0 Å². The Labute approximate surface area is 91.7 Å². The van der Waals surface area contributed by atoms with Crippen molar-refractivity contribution >= 4 is 35.5 Å². The summed E-state index contributed by atoms with van der Waals surface area (Å²) in [5, 5.41) is 33.8. The third kappa shape index (κ3) is 4.36. The second-order valence-electron chi connectivity index (χ2n) is 1.91. The number of rotatable bonds is 5. The van der Waals surface area contributed by atoms with E-state index in [2.05, 4.69) is 0 Å². The summed E-state index contributed by atoms with van der Waals surface area (Å²) in [6.07, 6.45) is 0. The zero-order chi connectivity index (χ0) is 8.85. The Morgan fingerprint density at radius 3 is 1.75 bits per heavy atom. The van der Waals surface area contributed by atoms with E-state index in [9.17, 15) is 4.79 Å². The topological polar surface area (TPSA) is 101 Å². The smallest absolute Gasteiger partial charge is 0.323 e. The van der Waals surface area contributed by atoms with Gasteiger partial charge in [-0.1, -0.05) is 0 Å². The van der Waals surface area contributed by atoms with Crippen LogP contribution in [-0.4, -0.2) is 87.0 Å². The molecule has 67 valence electrons. The molecule has 0 aromatic rings. The fraction of sp³-hybridized carbons (Fsp3) is 0.800. The summed E-state index contributed by atoms with van der Waals surface area (Å²) in [6, 6.07) is -1.25. The molecule has 0 aliphatic heterocycles. The van der Waals surface area contributed by atoms with Crippen molar-refractivity contribution in [3.63, 3.8) is 0 Å². The molecular weight excluding hydrogens is 177 g/mol. The quantitative estimate of drug-likeness (QED) is 0.275. The van der Waals surface area contributed by atoms with Gasteiger partial charge in [-0.05, 0) is 0 Å². The second kappa shape index (κ2) is 7.93. The zero-order valence-corrected chi connectivity index (χ0v) is 8.84. The van der Waals surface area contributed by atoms with E-state index in [0.717, 1.165) is 4.90 Å². The van der Waals surface area contributed by atoms with Gasteiger partial charge in [0, 0.05) is 29.6 Å². The van der Waals surface area contributed by atoms with Crippen LogP contribution in [-0.2, 0) is 4.79 Å². The number of aliphatic hydroxyl groups is 3. The zero-order valence-electron chi connectivity index (χ0n) is 6.84. The summed E-state index contributed by atoms with van der Waals surface area (Å²) in [4.78, 5) is 11.1. The molecule has 0 fully saturated rings. The minimum atomic E-state index is -1.28. The molecule has 0 aliphatic carbocycles. The van der Waals surface area contributed by atoms with Gasteiger partial charge in [0.05, 0.1) is 20.1 Å². The molecule has 4 N–H and O–H groups in total. The first kappa shape index (κ1) is 14.8. The predicted octanol–water partition coefficient (Wildman–Crippen LogP) is -2.75. The summed E-state index contributed by atoms with van der Waals surface area (Å²) in [6.45, 7) is -1.85. The van der Waals surface area contributed by atoms with Crippen LogP contribution < -0.4 is 0 Å². The van der Waals surface area contributed by atoms with Crippen molar-refractivity contribution in [3.8, 4) is 0 Å². The molecule has 6 nitrogen and oxygen atoms in total. The van der Waals surface area contributed by atoms with Crippen molar-refractivity contribution in [1.29, 1.82) is 0 Å². The molecule has 0 spiro atoms. The summed E-state index contributed by atoms with van der Waals surface area (Å²) < 4.78 is 0. The molecule has 0 rings (SSSR count). The largest absolute Gasteiger partial charge is 0.480 e. The summed E-state index contributed by atoms with van der Waals surface area (Å²) in [5.41, 5.74) is 0. The monoisotopic (exact) mass is 188 g/mol. The molecule has 0 aliphatic rings. The number of carboxylic acid groups (broad SMARTS) is 1. The van der Waals surface area contributed by atoms with Crippen LogP contribution in [0.2, 0.25) is 0 Å². The SMILES string of the molecule is O=C(O)C(CO)N(CO)CO.[Na]. The van der Waals surface area contributed by atoms with Crippen molar-refractivity contribution < 1.29 is 25.2 Å². The Balaban J connectivity index is 0. The van der Waals surface area contributed by atoms with Crippen molar-refractivity contribution in [1.82, 2.24) is 4.90 Å². The van der Waals surface area contributed by atoms with E-state index in [1.165, 1.54) is 0 Å². The fourth-order valence-electron chi connectivity index (χ4n) is 0.592. The normalized spacial score (nSPS) is 12.3. The van der Waals surface area contributed by atoms with Gasteiger partial charge in [0.25, 0.3) is 0 Å². The van der Waals surface area contributed by atoms with Crippen LogP contribution in [0, 0.1) is 0 Å². The molecule has 0 saturated heterocycles. The van der Waals surface area contributed by atoms with Gasteiger partial charge in [0.15, 0.2) is 0 Å². The molecule has 0 aromatic heterocycles. The van der Waals surface area contributed by atoms with Crippen LogP contribution in [0.5, 0.6) is 0 Å². The molecule has 1 radical (unpaired) electrons. The van der Waals surface area contributed by atoms with Gasteiger partial charge in [0.1, 0.15) is 6.04 Å². The van der Waals surface area contributed by atoms with Gasteiger partial charge < -0.3 is 20.4 Å². The van der Waals surface area contributed by atoms with Gasteiger partial charge in [-0.3, -0.25) is 4.79 Å². The van der Waals surface area contributed by atoms with Crippen molar-refractivity contribution in [2.75, 3.05) is 20.1 Å². The summed E-state index contributed by atoms with van der Waals surface area (Å²) >= 11 is 0. The molecule has 0 heterocycles. The first-order chi connectivity index (χ1) is 5.17. The van der Waals surface area contributed by atoms with E-state index in [1.54, 1.807) is 0 Å². The van der Waals surface area contributed by atoms with Gasteiger partial charge in [0.2, 0.25) is 0 Å². The Morgan fingerprint density at radius 1 is 1.25 bits per heavy atom. The third-order valence-corrected chi connectivity index (χ3v) is 1.26. The fourth-order valence-corrected chi connectivity index (χ4v) is 0.592. The number of aliphatic hydroxyl groups excluding tert-OH is 3. The average Bonchev–Trinajstić information content (AvgIpc) is 1.99. The van der Waals surface area contributed by atoms with Crippen LogP contribution >= 0.6 is 0 Å². The molecule has 0 saturated carbocycles. The molecule has 1 atom stereocenters. The Bertz CT molecular complexity index is 129. The molecule has 0 aromatic carbocycles. The summed E-state index contributed by atoms with van der Waals surface area (Å²) in [7, 11) is 0. The van der Waals surface area contributed by atoms with Crippen molar-refractivity contribution in [2.45, 2.75) is 6.04 Å². The number of hydrogen-bond acceptors (Lipinski definition) is 5. The molecule has 1 unspecified atom stereocenters. The molecule has 7 heteroatoms. The minimum absolute atomic E-state index is 0. The maximum atomic E-state index is 10.3. The van der Waals surface area contributed by atoms with Crippen LogP contribution in [0.3, 0.4) is 0 Å². The number of nitrogens with zero attached hydrogens (tertiary/aromatic N) is 1. The van der Waals surface area contributed by atoms with E-state index in [0.29, 0.717) is 0 Å². The van der Waals surface area contributed by atoms with E-state index >= 15 is 0 Å². The molecule has 0 bridgehead atoms.